The van der Waals surface area contributed by atoms with Crippen molar-refractivity contribution in [2.24, 2.45) is 0 Å². The number of fused-ring (bicyclic) bond motifs is 1. The van der Waals surface area contributed by atoms with Crippen LogP contribution in [0.4, 0.5) is 0 Å². The summed E-state index contributed by atoms with van der Waals surface area (Å²) in [6.45, 7) is 4.83. The molecule has 8 heteroatoms. The number of aryl methyl sites for hydroxylation is 1. The molecule has 0 unspecified atom stereocenters. The molecule has 0 bridgehead atoms. The van der Waals surface area contributed by atoms with Gasteiger partial charge in [0.2, 0.25) is 4.96 Å². The number of rotatable bonds is 8. The third kappa shape index (κ3) is 5.34. The van der Waals surface area contributed by atoms with Crippen molar-refractivity contribution in [1.29, 1.82) is 0 Å². The molecule has 7 nitrogen and oxygen atoms in total. The molecule has 40 heavy (non-hydrogen) atoms. The van der Waals surface area contributed by atoms with E-state index in [1.807, 2.05) is 83.7 Å². The van der Waals surface area contributed by atoms with Gasteiger partial charge in [-0.2, -0.15) is 14.6 Å². The Hall–Kier alpha value is -4.82. The van der Waals surface area contributed by atoms with Crippen LogP contribution in [0, 0.1) is 6.92 Å². The maximum Gasteiger partial charge on any atom is 0.291 e. The van der Waals surface area contributed by atoms with Crippen molar-refractivity contribution in [3.05, 3.63) is 122 Å². The van der Waals surface area contributed by atoms with Crippen molar-refractivity contribution in [2.75, 3.05) is 6.61 Å². The topological polar surface area (TPSA) is 74.3 Å². The van der Waals surface area contributed by atoms with Gasteiger partial charge in [-0.15, -0.1) is 5.10 Å². The molecule has 0 aliphatic heterocycles. The zero-order valence-corrected chi connectivity index (χ0v) is 23.0. The molecule has 3 heterocycles. The molecule has 0 aliphatic rings. The smallest absolute Gasteiger partial charge is 0.291 e. The second-order valence-corrected chi connectivity index (χ2v) is 10.4. The van der Waals surface area contributed by atoms with E-state index in [2.05, 4.69) is 48.2 Å². The van der Waals surface area contributed by atoms with E-state index in [-0.39, 0.29) is 5.56 Å². The first-order valence-electron chi connectivity index (χ1n) is 13.1. The Bertz CT molecular complexity index is 1900. The second-order valence-electron chi connectivity index (χ2n) is 9.41. The first-order valence-corrected chi connectivity index (χ1v) is 13.9. The molecule has 6 rings (SSSR count). The summed E-state index contributed by atoms with van der Waals surface area (Å²) in [6.07, 6.45) is 8.53. The van der Waals surface area contributed by atoms with Crippen LogP contribution in [0.3, 0.4) is 0 Å². The molecular formula is C32H27N5O2S. The number of hydrogen-bond donors (Lipinski definition) is 0. The summed E-state index contributed by atoms with van der Waals surface area (Å²) in [7, 11) is 0. The van der Waals surface area contributed by atoms with Gasteiger partial charge < -0.3 is 4.74 Å². The lowest BCUT2D eigenvalue weighted by molar-refractivity contribution is 0.317. The Morgan fingerprint density at radius 2 is 1.70 bits per heavy atom. The van der Waals surface area contributed by atoms with Crippen molar-refractivity contribution in [2.45, 2.75) is 20.3 Å². The molecule has 0 amide bonds. The fraction of sp³-hybridized carbons (Fsp3) is 0.125. The van der Waals surface area contributed by atoms with Crippen molar-refractivity contribution in [1.82, 2.24) is 24.4 Å². The van der Waals surface area contributed by atoms with Crippen molar-refractivity contribution in [3.63, 3.8) is 0 Å². The number of benzene rings is 3. The van der Waals surface area contributed by atoms with E-state index in [1.165, 1.54) is 21.4 Å². The van der Waals surface area contributed by atoms with E-state index in [0.717, 1.165) is 40.2 Å². The highest BCUT2D eigenvalue weighted by atomic mass is 32.1. The van der Waals surface area contributed by atoms with Crippen molar-refractivity contribution < 1.29 is 4.74 Å². The fourth-order valence-corrected chi connectivity index (χ4v) is 5.17. The lowest BCUT2D eigenvalue weighted by atomic mass is 10.1. The monoisotopic (exact) mass is 545 g/mol. The van der Waals surface area contributed by atoms with Gasteiger partial charge in [0, 0.05) is 17.3 Å². The number of hydrogen-bond acceptors (Lipinski definition) is 6. The highest BCUT2D eigenvalue weighted by Crippen LogP contribution is 2.25. The molecule has 0 atom stereocenters. The predicted octanol–water partition coefficient (Wildman–Crippen LogP) is 5.82. The van der Waals surface area contributed by atoms with Gasteiger partial charge in [0.1, 0.15) is 5.75 Å². The third-order valence-electron chi connectivity index (χ3n) is 6.35. The molecule has 0 aliphatic carbocycles. The molecule has 198 valence electrons. The molecule has 3 aromatic carbocycles. The van der Waals surface area contributed by atoms with E-state index in [4.69, 9.17) is 9.84 Å². The van der Waals surface area contributed by atoms with Gasteiger partial charge in [-0.3, -0.25) is 4.79 Å². The number of nitrogens with zero attached hydrogens (tertiary/aromatic N) is 5. The first-order chi connectivity index (χ1) is 19.6. The minimum absolute atomic E-state index is 0.202. The van der Waals surface area contributed by atoms with Crippen LogP contribution in [0.5, 0.6) is 5.75 Å². The Labute approximate surface area is 235 Å². The summed E-state index contributed by atoms with van der Waals surface area (Å²) < 4.78 is 9.39. The van der Waals surface area contributed by atoms with Crippen LogP contribution in [0.25, 0.3) is 40.1 Å². The lowest BCUT2D eigenvalue weighted by Gasteiger charge is -2.03. The summed E-state index contributed by atoms with van der Waals surface area (Å²) >= 11 is 1.32. The molecule has 0 N–H and O–H groups in total. The largest absolute Gasteiger partial charge is 0.494 e. The Kier molecular flexibility index (Phi) is 7.08. The van der Waals surface area contributed by atoms with Gasteiger partial charge in [0.05, 0.1) is 22.5 Å². The molecule has 0 saturated carbocycles. The Balaban J connectivity index is 1.33. The van der Waals surface area contributed by atoms with E-state index in [9.17, 15) is 4.79 Å². The summed E-state index contributed by atoms with van der Waals surface area (Å²) in [5, 5.41) is 9.31. The number of aromatic nitrogens is 5. The van der Waals surface area contributed by atoms with Gasteiger partial charge in [-0.25, -0.2) is 4.68 Å². The van der Waals surface area contributed by atoms with Gasteiger partial charge in [0.15, 0.2) is 5.82 Å². The van der Waals surface area contributed by atoms with Crippen LogP contribution in [-0.4, -0.2) is 31.0 Å². The molecular weight excluding hydrogens is 518 g/mol. The van der Waals surface area contributed by atoms with E-state index >= 15 is 0 Å². The van der Waals surface area contributed by atoms with Crippen LogP contribution in [-0.2, 0) is 0 Å². The zero-order chi connectivity index (χ0) is 27.5. The molecule has 3 aromatic heterocycles. The van der Waals surface area contributed by atoms with Crippen LogP contribution < -0.4 is 14.8 Å². The van der Waals surface area contributed by atoms with Crippen LogP contribution in [0.1, 0.15) is 35.9 Å². The SMILES string of the molecule is CCCOc1ccc(/C=C/c2nc3s/c(=C\c4cn(-c5ccccc5)nc4-c4ccc(C)cc4)c(=O)n3n2)cc1. The standard InChI is InChI=1S/C32H27N5O2S/c1-3-19-39-27-16-11-23(12-17-27)13-18-29-33-32-37(34-29)31(38)28(40-32)20-25-21-36(26-7-5-4-6-8-26)35-30(25)24-14-9-22(2)10-15-24/h4-18,20-21H,3,19H2,1-2H3/b18-13+,28-20-. The minimum Gasteiger partial charge on any atom is -0.494 e. The number of para-hydroxylation sites is 1. The molecule has 0 fully saturated rings. The predicted molar refractivity (Wildman–Crippen MR) is 161 cm³/mol. The molecule has 0 spiro atoms. The zero-order valence-electron chi connectivity index (χ0n) is 22.2. The quantitative estimate of drug-likeness (QED) is 0.241. The average molecular weight is 546 g/mol. The number of ether oxygens (including phenoxy) is 1. The normalized spacial score (nSPS) is 12.1. The summed E-state index contributed by atoms with van der Waals surface area (Å²) in [5.41, 5.74) is 5.55. The van der Waals surface area contributed by atoms with E-state index in [0.29, 0.717) is 21.9 Å². The number of thiazole rings is 1. The lowest BCUT2D eigenvalue weighted by Crippen LogP contribution is -2.23. The summed E-state index contributed by atoms with van der Waals surface area (Å²) in [4.78, 5) is 18.4. The highest BCUT2D eigenvalue weighted by Gasteiger charge is 2.14. The summed E-state index contributed by atoms with van der Waals surface area (Å²) in [6, 6.07) is 26.0. The van der Waals surface area contributed by atoms with Gasteiger partial charge in [-0.05, 0) is 55.3 Å². The third-order valence-corrected chi connectivity index (χ3v) is 7.31. The maximum absolute atomic E-state index is 13.3. The summed E-state index contributed by atoms with van der Waals surface area (Å²) in [5.74, 6) is 1.33. The van der Waals surface area contributed by atoms with Crippen molar-refractivity contribution in [3.8, 4) is 22.7 Å². The Morgan fingerprint density at radius 1 is 0.925 bits per heavy atom. The van der Waals surface area contributed by atoms with Crippen LogP contribution >= 0.6 is 11.3 Å². The minimum atomic E-state index is -0.202. The molecule has 0 saturated heterocycles. The van der Waals surface area contributed by atoms with Gasteiger partial charge >= 0.3 is 0 Å². The first kappa shape index (κ1) is 25.5. The van der Waals surface area contributed by atoms with E-state index in [1.54, 1.807) is 0 Å². The maximum atomic E-state index is 13.3. The van der Waals surface area contributed by atoms with Crippen molar-refractivity contribution >= 4 is 34.5 Å². The van der Waals surface area contributed by atoms with E-state index < -0.39 is 0 Å². The molecule has 0 radical (unpaired) electrons. The average Bonchev–Trinajstić information content (AvgIpc) is 3.67. The van der Waals surface area contributed by atoms with Crippen LogP contribution in [0.15, 0.2) is 89.9 Å². The highest BCUT2D eigenvalue weighted by molar-refractivity contribution is 7.15. The van der Waals surface area contributed by atoms with Crippen LogP contribution in [0.2, 0.25) is 0 Å². The molecule has 6 aromatic rings. The Morgan fingerprint density at radius 3 is 2.42 bits per heavy atom. The fourth-order valence-electron chi connectivity index (χ4n) is 4.27. The van der Waals surface area contributed by atoms with Gasteiger partial charge in [-0.1, -0.05) is 84.5 Å². The second kappa shape index (κ2) is 11.1. The van der Waals surface area contributed by atoms with Gasteiger partial charge in [0.25, 0.3) is 5.56 Å².